The summed E-state index contributed by atoms with van der Waals surface area (Å²) in [7, 11) is 1.55. The lowest BCUT2D eigenvalue weighted by molar-refractivity contribution is -0.140. The summed E-state index contributed by atoms with van der Waals surface area (Å²) in [6.07, 6.45) is 0. The van der Waals surface area contributed by atoms with E-state index in [-0.39, 0.29) is 12.6 Å². The number of urea groups is 1. The number of hydrogen-bond donors (Lipinski definition) is 3. The van der Waals surface area contributed by atoms with Crippen LogP contribution in [0.1, 0.15) is 36.6 Å². The van der Waals surface area contributed by atoms with Gasteiger partial charge in [0.1, 0.15) is 6.61 Å². The maximum atomic E-state index is 13.0. The van der Waals surface area contributed by atoms with Gasteiger partial charge in [-0.25, -0.2) is 9.59 Å². The minimum absolute atomic E-state index is 0.148. The van der Waals surface area contributed by atoms with Crippen molar-refractivity contribution in [2.24, 2.45) is 0 Å². The van der Waals surface area contributed by atoms with Gasteiger partial charge in [0.05, 0.1) is 18.2 Å². The summed E-state index contributed by atoms with van der Waals surface area (Å²) in [5.41, 5.74) is 5.40. The fourth-order valence-electron chi connectivity index (χ4n) is 3.94. The van der Waals surface area contributed by atoms with Crippen LogP contribution in [-0.4, -0.2) is 48.9 Å². The molecule has 8 nitrogen and oxygen atoms in total. The first-order valence-electron chi connectivity index (χ1n) is 11.5. The van der Waals surface area contributed by atoms with Crippen molar-refractivity contribution in [1.29, 1.82) is 0 Å². The fourth-order valence-corrected chi connectivity index (χ4v) is 4.32. The predicted octanol–water partition coefficient (Wildman–Crippen LogP) is 4.66. The van der Waals surface area contributed by atoms with E-state index in [1.54, 1.807) is 13.2 Å². The molecule has 35 heavy (non-hydrogen) atoms. The highest BCUT2D eigenvalue weighted by Gasteiger charge is 2.34. The van der Waals surface area contributed by atoms with Crippen molar-refractivity contribution in [1.82, 2.24) is 10.2 Å². The Morgan fingerprint density at radius 1 is 1.09 bits per heavy atom. The number of rotatable bonds is 8. The van der Waals surface area contributed by atoms with Gasteiger partial charge in [-0.3, -0.25) is 0 Å². The highest BCUT2D eigenvalue weighted by Crippen LogP contribution is 2.32. The molecule has 1 heterocycles. The van der Waals surface area contributed by atoms with Crippen molar-refractivity contribution in [3.05, 3.63) is 70.4 Å². The third kappa shape index (κ3) is 6.17. The molecular weight excluding hydrogens is 464 g/mol. The quantitative estimate of drug-likeness (QED) is 0.278. The first-order valence-corrected chi connectivity index (χ1v) is 11.9. The summed E-state index contributed by atoms with van der Waals surface area (Å²) in [5.74, 6) is -0.441. The maximum Gasteiger partial charge on any atom is 0.338 e. The van der Waals surface area contributed by atoms with Gasteiger partial charge in [-0.05, 0) is 74.8 Å². The molecule has 0 unspecified atom stereocenters. The Labute approximate surface area is 211 Å². The number of aryl methyl sites for hydroxylation is 1. The lowest BCUT2D eigenvalue weighted by Gasteiger charge is -2.37. The molecule has 3 rings (SSSR count). The molecule has 0 aromatic heterocycles. The Morgan fingerprint density at radius 3 is 2.54 bits per heavy atom. The Balaban J connectivity index is 1.85. The van der Waals surface area contributed by atoms with Gasteiger partial charge in [-0.1, -0.05) is 24.3 Å². The molecule has 0 fully saturated rings. The molecule has 0 saturated carbocycles. The first-order chi connectivity index (χ1) is 16.8. The summed E-state index contributed by atoms with van der Waals surface area (Å²) < 4.78 is 10.4. The van der Waals surface area contributed by atoms with Crippen molar-refractivity contribution >= 4 is 40.7 Å². The van der Waals surface area contributed by atoms with E-state index in [0.717, 1.165) is 28.1 Å². The van der Waals surface area contributed by atoms with Gasteiger partial charge < -0.3 is 30.3 Å². The fraction of sp³-hybridized carbons (Fsp3) is 0.346. The van der Waals surface area contributed by atoms with E-state index in [2.05, 4.69) is 16.0 Å². The third-order valence-corrected chi connectivity index (χ3v) is 6.32. The summed E-state index contributed by atoms with van der Waals surface area (Å²) in [5, 5.41) is 9.55. The molecule has 0 spiro atoms. The monoisotopic (exact) mass is 496 g/mol. The second-order valence-electron chi connectivity index (χ2n) is 8.21. The standard InChI is InChI=1S/C26H32N4O4S/c1-6-30-18(4)22(24(31)34-14-13-33-5)23(29-26(30)35)19-10-8-11-20(15-19)27-25(32)28-21-12-7-9-16(2)17(21)3/h7-12,15,23H,6,13-14H2,1-5H3,(H,29,35)(H2,27,28,32)/t23-/m1/s1. The van der Waals surface area contributed by atoms with Gasteiger partial charge in [0.25, 0.3) is 0 Å². The molecule has 3 N–H and O–H groups in total. The number of benzene rings is 2. The van der Waals surface area contributed by atoms with Crippen LogP contribution in [0.2, 0.25) is 0 Å². The molecule has 0 radical (unpaired) electrons. The van der Waals surface area contributed by atoms with E-state index < -0.39 is 12.0 Å². The number of carbonyl (C=O) groups excluding carboxylic acids is 2. The number of carbonyl (C=O) groups is 2. The number of allylic oxidation sites excluding steroid dienone is 1. The van der Waals surface area contributed by atoms with Crippen LogP contribution in [-0.2, 0) is 14.3 Å². The number of nitrogens with zero attached hydrogens (tertiary/aromatic N) is 1. The Bertz CT molecular complexity index is 1150. The summed E-state index contributed by atoms with van der Waals surface area (Å²) in [4.78, 5) is 27.6. The average Bonchev–Trinajstić information content (AvgIpc) is 2.82. The van der Waals surface area contributed by atoms with Gasteiger partial charge in [0.15, 0.2) is 5.11 Å². The molecule has 2 amide bonds. The summed E-state index contributed by atoms with van der Waals surface area (Å²) in [6, 6.07) is 12.2. The zero-order chi connectivity index (χ0) is 25.5. The van der Waals surface area contributed by atoms with Crippen LogP contribution in [0.3, 0.4) is 0 Å². The van der Waals surface area contributed by atoms with E-state index in [1.807, 2.05) is 69.0 Å². The number of hydrogen-bond acceptors (Lipinski definition) is 5. The van der Waals surface area contributed by atoms with E-state index >= 15 is 0 Å². The number of nitrogens with one attached hydrogen (secondary N) is 3. The number of esters is 1. The van der Waals surface area contributed by atoms with Crippen LogP contribution < -0.4 is 16.0 Å². The molecule has 2 aromatic carbocycles. The highest BCUT2D eigenvalue weighted by atomic mass is 32.1. The van der Waals surface area contributed by atoms with Crippen molar-refractivity contribution in [2.75, 3.05) is 37.5 Å². The van der Waals surface area contributed by atoms with Gasteiger partial charge in [0.2, 0.25) is 0 Å². The number of amides is 2. The third-order valence-electron chi connectivity index (χ3n) is 5.98. The molecule has 0 aliphatic carbocycles. The molecule has 9 heteroatoms. The molecule has 1 aliphatic rings. The van der Waals surface area contributed by atoms with Crippen LogP contribution in [0.5, 0.6) is 0 Å². The average molecular weight is 497 g/mol. The van der Waals surface area contributed by atoms with Crippen LogP contribution in [0.15, 0.2) is 53.7 Å². The lowest BCUT2D eigenvalue weighted by atomic mass is 9.94. The summed E-state index contributed by atoms with van der Waals surface area (Å²) >= 11 is 5.55. The minimum Gasteiger partial charge on any atom is -0.460 e. The van der Waals surface area contributed by atoms with Crippen molar-refractivity contribution in [3.63, 3.8) is 0 Å². The number of anilines is 2. The maximum absolute atomic E-state index is 13.0. The van der Waals surface area contributed by atoms with E-state index in [1.165, 1.54) is 0 Å². The van der Waals surface area contributed by atoms with Gasteiger partial charge in [-0.15, -0.1) is 0 Å². The molecule has 2 aromatic rings. The van der Waals surface area contributed by atoms with Gasteiger partial charge in [0, 0.05) is 30.7 Å². The Hall–Kier alpha value is -3.43. The van der Waals surface area contributed by atoms with Gasteiger partial charge >= 0.3 is 12.0 Å². The van der Waals surface area contributed by atoms with Crippen molar-refractivity contribution in [3.8, 4) is 0 Å². The smallest absolute Gasteiger partial charge is 0.338 e. The number of methoxy groups -OCH3 is 1. The number of ether oxygens (including phenoxy) is 2. The largest absolute Gasteiger partial charge is 0.460 e. The van der Waals surface area contributed by atoms with Crippen molar-refractivity contribution in [2.45, 2.75) is 33.7 Å². The highest BCUT2D eigenvalue weighted by molar-refractivity contribution is 7.80. The second kappa shape index (κ2) is 11.8. The normalized spacial score (nSPS) is 15.5. The van der Waals surface area contributed by atoms with E-state index in [0.29, 0.717) is 29.5 Å². The van der Waals surface area contributed by atoms with E-state index in [4.69, 9.17) is 21.7 Å². The van der Waals surface area contributed by atoms with Crippen LogP contribution in [0.25, 0.3) is 0 Å². The molecule has 0 saturated heterocycles. The zero-order valence-corrected chi connectivity index (χ0v) is 21.5. The number of thiocarbonyl (C=S) groups is 1. The van der Waals surface area contributed by atoms with Crippen molar-refractivity contribution < 1.29 is 19.1 Å². The second-order valence-corrected chi connectivity index (χ2v) is 8.59. The Morgan fingerprint density at radius 2 is 1.83 bits per heavy atom. The minimum atomic E-state index is -0.524. The first kappa shape index (κ1) is 26.2. The lowest BCUT2D eigenvalue weighted by Crippen LogP contribution is -2.47. The molecule has 0 bridgehead atoms. The molecule has 186 valence electrons. The van der Waals surface area contributed by atoms with Crippen LogP contribution in [0, 0.1) is 13.8 Å². The zero-order valence-electron chi connectivity index (χ0n) is 20.7. The molecule has 1 atom stereocenters. The molecular formula is C26H32N4O4S. The topological polar surface area (TPSA) is 91.9 Å². The molecule has 1 aliphatic heterocycles. The van der Waals surface area contributed by atoms with Crippen LogP contribution >= 0.6 is 12.2 Å². The SMILES string of the molecule is CCN1C(=S)N[C@H](c2cccc(NC(=O)Nc3cccc(C)c3C)c2)C(C(=O)OCCOC)=C1C. The van der Waals surface area contributed by atoms with Crippen LogP contribution in [0.4, 0.5) is 16.2 Å². The van der Waals surface area contributed by atoms with Gasteiger partial charge in [-0.2, -0.15) is 0 Å². The summed E-state index contributed by atoms with van der Waals surface area (Å²) in [6.45, 7) is 8.85. The van der Waals surface area contributed by atoms with E-state index in [9.17, 15) is 9.59 Å². The predicted molar refractivity (Wildman–Crippen MR) is 141 cm³/mol. The Kier molecular flexibility index (Phi) is 8.84.